The Hall–Kier alpha value is -5.27. The van der Waals surface area contributed by atoms with Crippen LogP contribution in [0.3, 0.4) is 0 Å². The first kappa shape index (κ1) is 30.4. The number of H-pyrrole nitrogens is 1. The van der Waals surface area contributed by atoms with E-state index in [1.807, 2.05) is 0 Å². The Labute approximate surface area is 275 Å². The van der Waals surface area contributed by atoms with E-state index in [-0.39, 0.29) is 84.8 Å². The summed E-state index contributed by atoms with van der Waals surface area (Å²) in [6.45, 7) is 1.69. The predicted octanol–water partition coefficient (Wildman–Crippen LogP) is 5.07. The Kier molecular flexibility index (Phi) is 6.88. The maximum atomic E-state index is 14.9. The number of carboxylic acid groups (broad SMARTS) is 1. The molecule has 1 spiro atoms. The third-order valence-corrected chi connectivity index (χ3v) is 9.43. The largest absolute Gasteiger partial charge is 0.496 e. The van der Waals surface area contributed by atoms with Gasteiger partial charge in [0.05, 0.1) is 36.3 Å². The summed E-state index contributed by atoms with van der Waals surface area (Å²) in [6, 6.07) is 8.63. The van der Waals surface area contributed by atoms with Crippen LogP contribution in [0.5, 0.6) is 17.2 Å². The van der Waals surface area contributed by atoms with Crippen LogP contribution in [0.1, 0.15) is 51.3 Å². The first-order valence-corrected chi connectivity index (χ1v) is 14.9. The highest BCUT2D eigenvalue weighted by atomic mass is 35.5. The van der Waals surface area contributed by atoms with Crippen molar-refractivity contribution in [2.75, 3.05) is 25.3 Å². The number of Topliss-reactive ketones (excluding diaryl/α,β-unsaturated/α-hetero) is 2. The van der Waals surface area contributed by atoms with Gasteiger partial charge in [-0.2, -0.15) is 4.98 Å². The minimum absolute atomic E-state index is 0.00234. The highest BCUT2D eigenvalue weighted by Crippen LogP contribution is 2.56. The minimum Gasteiger partial charge on any atom is -0.496 e. The molecule has 15 heteroatoms. The van der Waals surface area contributed by atoms with Gasteiger partial charge in [-0.1, -0.05) is 30.1 Å². The topological polar surface area (TPSA) is 196 Å². The molecule has 5 N–H and O–H groups in total. The van der Waals surface area contributed by atoms with E-state index in [9.17, 15) is 24.3 Å². The van der Waals surface area contributed by atoms with Crippen molar-refractivity contribution in [3.8, 4) is 28.6 Å². The van der Waals surface area contributed by atoms with E-state index in [0.717, 1.165) is 0 Å². The molecule has 0 radical (unpaired) electrons. The van der Waals surface area contributed by atoms with E-state index in [2.05, 4.69) is 15.3 Å². The maximum absolute atomic E-state index is 14.9. The van der Waals surface area contributed by atoms with E-state index in [1.165, 1.54) is 44.6 Å². The van der Waals surface area contributed by atoms with Gasteiger partial charge in [0.15, 0.2) is 5.75 Å². The number of halogens is 2. The number of nitrogens with two attached hydrogens (primary N) is 1. The molecule has 4 aromatic rings. The zero-order chi connectivity index (χ0) is 33.5. The van der Waals surface area contributed by atoms with Gasteiger partial charge < -0.3 is 34.8 Å². The van der Waals surface area contributed by atoms with Crippen molar-refractivity contribution in [3.05, 3.63) is 90.5 Å². The van der Waals surface area contributed by atoms with Crippen LogP contribution >= 0.6 is 23.2 Å². The van der Waals surface area contributed by atoms with Crippen molar-refractivity contribution < 1.29 is 38.1 Å². The summed E-state index contributed by atoms with van der Waals surface area (Å²) in [6.07, 6.45) is 0.113. The summed E-state index contributed by atoms with van der Waals surface area (Å²) >= 11 is 13.0. The Morgan fingerprint density at radius 1 is 1.09 bits per heavy atom. The quantitative estimate of drug-likeness (QED) is 0.205. The maximum Gasteiger partial charge on any atom is 0.335 e. The zero-order valence-electron chi connectivity index (χ0n) is 24.8. The molecule has 47 heavy (non-hydrogen) atoms. The smallest absolute Gasteiger partial charge is 0.335 e. The number of carbonyl (C=O) groups excluding carboxylic acids is 2. The first-order valence-electron chi connectivity index (χ1n) is 14.2. The molecule has 0 saturated carbocycles. The molecule has 1 unspecified atom stereocenters. The average molecular weight is 679 g/mol. The molecule has 0 amide bonds. The molecule has 240 valence electrons. The molecule has 1 aliphatic carbocycles. The van der Waals surface area contributed by atoms with Crippen molar-refractivity contribution in [1.29, 1.82) is 0 Å². The summed E-state index contributed by atoms with van der Waals surface area (Å²) in [4.78, 5) is 61.2. The molecular formula is C32H24Cl2N4O9. The molecule has 0 fully saturated rings. The van der Waals surface area contributed by atoms with E-state index < -0.39 is 40.5 Å². The van der Waals surface area contributed by atoms with Crippen molar-refractivity contribution in [2.45, 2.75) is 24.9 Å². The summed E-state index contributed by atoms with van der Waals surface area (Å²) in [5, 5.41) is 12.8. The average Bonchev–Trinajstić information content (AvgIpc) is 3.64. The number of nitrogens with zero attached hydrogens (tertiary/aromatic N) is 1. The lowest BCUT2D eigenvalue weighted by Crippen LogP contribution is -2.58. The van der Waals surface area contributed by atoms with Crippen LogP contribution in [-0.4, -0.2) is 52.4 Å². The molecule has 13 nitrogen and oxygen atoms in total. The van der Waals surface area contributed by atoms with Crippen LogP contribution in [0.2, 0.25) is 10.0 Å². The van der Waals surface area contributed by atoms with Crippen LogP contribution in [0.15, 0.2) is 56.9 Å². The number of ether oxygens (including phenoxy) is 3. The number of carboxylic acids is 1. The third-order valence-electron chi connectivity index (χ3n) is 8.74. The molecule has 2 aromatic heterocycles. The molecule has 0 bridgehead atoms. The van der Waals surface area contributed by atoms with E-state index in [1.54, 1.807) is 13.0 Å². The lowest BCUT2D eigenvalue weighted by atomic mass is 9.66. The summed E-state index contributed by atoms with van der Waals surface area (Å²) < 4.78 is 23.4. The highest BCUT2D eigenvalue weighted by Gasteiger charge is 2.64. The fourth-order valence-electron chi connectivity index (χ4n) is 6.55. The molecular weight excluding hydrogens is 655 g/mol. The van der Waals surface area contributed by atoms with Crippen molar-refractivity contribution in [2.24, 2.45) is 5.92 Å². The van der Waals surface area contributed by atoms with Crippen molar-refractivity contribution in [1.82, 2.24) is 9.97 Å². The summed E-state index contributed by atoms with van der Waals surface area (Å²) in [7, 11) is 2.76. The summed E-state index contributed by atoms with van der Waals surface area (Å²) in [5.74, 6) is -4.03. The number of aromatic nitrogens is 2. The predicted molar refractivity (Wildman–Crippen MR) is 169 cm³/mol. The number of nitrogen functional groups attached to an aromatic ring is 1. The standard InChI is InChI=1S/C32H24Cl2N4O9/c1-11-8-15-20(26(39)32(11)27(40)22-18(44-2)10-19(45-3)24(34)25(22)47-32)21(23-28(36-15)37-31(35)38-29(23)41)17-7-6-16(46-17)13-9-12(30(42)43)4-5-14(13)33/h4-7,9-11,21H,8H2,1-3H3,(H,42,43)(H4,35,36,37,38,41)/t11-,21?,32+/m1/s1. The Morgan fingerprint density at radius 2 is 1.83 bits per heavy atom. The fourth-order valence-corrected chi connectivity index (χ4v) is 7.03. The van der Waals surface area contributed by atoms with Crippen LogP contribution in [0.4, 0.5) is 11.8 Å². The second kappa shape index (κ2) is 10.6. The summed E-state index contributed by atoms with van der Waals surface area (Å²) in [5.41, 5.74) is 3.79. The van der Waals surface area contributed by atoms with Crippen molar-refractivity contribution >= 4 is 52.5 Å². The number of aromatic amines is 1. The molecule has 7 rings (SSSR count). The first-order chi connectivity index (χ1) is 22.4. The number of anilines is 2. The van der Waals surface area contributed by atoms with Gasteiger partial charge in [0.25, 0.3) is 5.56 Å². The number of benzene rings is 2. The van der Waals surface area contributed by atoms with Gasteiger partial charge in [-0.3, -0.25) is 19.4 Å². The fraction of sp³-hybridized carbons (Fsp3) is 0.219. The van der Waals surface area contributed by atoms with Crippen molar-refractivity contribution in [3.63, 3.8) is 0 Å². The Bertz CT molecular complexity index is 2170. The second-order valence-corrected chi connectivity index (χ2v) is 12.1. The minimum atomic E-state index is -2.08. The number of ketones is 2. The van der Waals surface area contributed by atoms with Gasteiger partial charge in [-0.15, -0.1) is 0 Å². The number of allylic oxidation sites excluding steroid dienone is 1. The van der Waals surface area contributed by atoms with Gasteiger partial charge in [-0.05, 0) is 36.8 Å². The number of aromatic carboxylic acids is 1. The normalized spacial score (nSPS) is 21.1. The number of rotatable bonds is 5. The van der Waals surface area contributed by atoms with Gasteiger partial charge in [0.2, 0.25) is 23.1 Å². The molecule has 3 atom stereocenters. The number of nitrogens with one attached hydrogen (secondary N) is 2. The number of furan rings is 1. The Morgan fingerprint density at radius 3 is 2.53 bits per heavy atom. The van der Waals surface area contributed by atoms with Gasteiger partial charge in [0.1, 0.15) is 39.4 Å². The number of hydrogen-bond donors (Lipinski definition) is 4. The lowest BCUT2D eigenvalue weighted by molar-refractivity contribution is -0.130. The monoisotopic (exact) mass is 678 g/mol. The lowest BCUT2D eigenvalue weighted by Gasteiger charge is -2.41. The van der Waals surface area contributed by atoms with Gasteiger partial charge in [-0.25, -0.2) is 4.79 Å². The number of carbonyl (C=O) groups is 3. The van der Waals surface area contributed by atoms with Crippen LogP contribution in [0, 0.1) is 5.92 Å². The second-order valence-electron chi connectivity index (χ2n) is 11.3. The number of hydrogen-bond acceptors (Lipinski definition) is 11. The van der Waals surface area contributed by atoms with Crippen LogP contribution < -0.4 is 30.8 Å². The van der Waals surface area contributed by atoms with E-state index in [4.69, 9.17) is 47.6 Å². The Balaban J connectivity index is 1.42. The molecule has 2 aromatic carbocycles. The van der Waals surface area contributed by atoms with Crippen LogP contribution in [0.25, 0.3) is 11.3 Å². The van der Waals surface area contributed by atoms with E-state index in [0.29, 0.717) is 5.70 Å². The SMILES string of the molecule is COc1cc(OC)c2c(c1Cl)O[C@@]1(C(=O)C3=C(C[C@H]1C)Nc1nc(N)[nH]c(=O)c1C3c1ccc(-c3cc(C(=O)O)ccc3Cl)o1)C2=O. The number of methoxy groups -OCH3 is 2. The molecule has 2 aliphatic heterocycles. The van der Waals surface area contributed by atoms with Gasteiger partial charge >= 0.3 is 5.97 Å². The number of fused-ring (bicyclic) bond motifs is 2. The molecule has 0 saturated heterocycles. The van der Waals surface area contributed by atoms with E-state index >= 15 is 0 Å². The zero-order valence-corrected chi connectivity index (χ0v) is 26.3. The highest BCUT2D eigenvalue weighted by molar-refractivity contribution is 6.36. The van der Waals surface area contributed by atoms with Gasteiger partial charge in [0, 0.05) is 28.8 Å². The third kappa shape index (κ3) is 4.26. The van der Waals surface area contributed by atoms with Crippen LogP contribution in [-0.2, 0) is 4.79 Å². The molecule has 3 aliphatic rings. The molecule has 4 heterocycles.